The van der Waals surface area contributed by atoms with E-state index >= 15 is 0 Å². The summed E-state index contributed by atoms with van der Waals surface area (Å²) in [7, 11) is 0. The van der Waals surface area contributed by atoms with Crippen LogP contribution < -0.4 is 15.1 Å². The molecule has 32 heavy (non-hydrogen) atoms. The molecule has 1 aromatic heterocycles. The second-order valence-corrected chi connectivity index (χ2v) is 8.01. The van der Waals surface area contributed by atoms with Gasteiger partial charge in [0.1, 0.15) is 30.0 Å². The zero-order chi connectivity index (χ0) is 22.3. The van der Waals surface area contributed by atoms with E-state index in [9.17, 15) is 9.59 Å². The molecular formula is C26H27NO5. The summed E-state index contributed by atoms with van der Waals surface area (Å²) in [6, 6.07) is 21.0. The van der Waals surface area contributed by atoms with Crippen LogP contribution in [0.5, 0.6) is 11.5 Å². The van der Waals surface area contributed by atoms with Crippen LogP contribution in [-0.4, -0.2) is 30.0 Å². The third kappa shape index (κ3) is 6.00. The Balaban J connectivity index is 1.22. The molecule has 0 spiro atoms. The number of amides is 1. The number of nitrogens with zero attached hydrogens (tertiary/aromatic N) is 1. The zero-order valence-corrected chi connectivity index (χ0v) is 18.2. The van der Waals surface area contributed by atoms with Gasteiger partial charge in [0.05, 0.1) is 12.6 Å². The van der Waals surface area contributed by atoms with Gasteiger partial charge in [-0.3, -0.25) is 4.79 Å². The first-order chi connectivity index (χ1) is 15.5. The van der Waals surface area contributed by atoms with E-state index in [1.54, 1.807) is 13.0 Å². The van der Waals surface area contributed by atoms with Crippen LogP contribution in [0.4, 0.5) is 0 Å². The van der Waals surface area contributed by atoms with Crippen LogP contribution >= 0.6 is 0 Å². The molecule has 6 nitrogen and oxygen atoms in total. The Morgan fingerprint density at radius 1 is 1.03 bits per heavy atom. The first-order valence-electron chi connectivity index (χ1n) is 10.9. The van der Waals surface area contributed by atoms with Crippen LogP contribution in [0.2, 0.25) is 0 Å². The number of carbonyl (C=O) groups excluding carboxylic acids is 1. The summed E-state index contributed by atoms with van der Waals surface area (Å²) in [4.78, 5) is 25.9. The van der Waals surface area contributed by atoms with Crippen molar-refractivity contribution in [1.29, 1.82) is 0 Å². The SMILES string of the molecule is Cc1cc(OC2CCN(C(=O)CCc3ccc(OCc4ccccc4)cc3)C2)cc(=O)o1. The monoisotopic (exact) mass is 433 g/mol. The highest BCUT2D eigenvalue weighted by Crippen LogP contribution is 2.20. The minimum absolute atomic E-state index is 0.110. The van der Waals surface area contributed by atoms with E-state index in [1.807, 2.05) is 59.5 Å². The van der Waals surface area contributed by atoms with Crippen molar-refractivity contribution in [3.63, 3.8) is 0 Å². The lowest BCUT2D eigenvalue weighted by atomic mass is 10.1. The lowest BCUT2D eigenvalue weighted by Gasteiger charge is -2.17. The molecular weight excluding hydrogens is 406 g/mol. The number of hydrogen-bond acceptors (Lipinski definition) is 5. The Hall–Kier alpha value is -3.54. The molecule has 0 saturated carbocycles. The highest BCUT2D eigenvalue weighted by molar-refractivity contribution is 5.76. The zero-order valence-electron chi connectivity index (χ0n) is 18.2. The predicted octanol–water partition coefficient (Wildman–Crippen LogP) is 4.14. The van der Waals surface area contributed by atoms with Gasteiger partial charge in [0, 0.05) is 25.5 Å². The number of rotatable bonds is 8. The average Bonchev–Trinajstić information content (AvgIpc) is 3.25. The quantitative estimate of drug-likeness (QED) is 0.534. The van der Waals surface area contributed by atoms with Crippen molar-refractivity contribution in [3.05, 3.63) is 94.0 Å². The Bertz CT molecular complexity index is 1090. The second-order valence-electron chi connectivity index (χ2n) is 8.01. The van der Waals surface area contributed by atoms with Crippen molar-refractivity contribution in [2.75, 3.05) is 13.1 Å². The molecule has 4 rings (SSSR count). The van der Waals surface area contributed by atoms with Crippen LogP contribution in [-0.2, 0) is 17.8 Å². The van der Waals surface area contributed by atoms with Crippen LogP contribution in [0.1, 0.15) is 29.7 Å². The van der Waals surface area contributed by atoms with E-state index < -0.39 is 5.63 Å². The summed E-state index contributed by atoms with van der Waals surface area (Å²) in [6.07, 6.45) is 1.77. The number of ether oxygens (including phenoxy) is 2. The summed E-state index contributed by atoms with van der Waals surface area (Å²) in [5.41, 5.74) is 1.80. The molecule has 1 aliphatic rings. The molecule has 1 saturated heterocycles. The molecule has 2 aromatic carbocycles. The Kier molecular flexibility index (Phi) is 6.90. The maximum absolute atomic E-state index is 12.6. The van der Waals surface area contributed by atoms with E-state index in [0.717, 1.165) is 23.3 Å². The molecule has 1 aliphatic heterocycles. The maximum atomic E-state index is 12.6. The van der Waals surface area contributed by atoms with Crippen molar-refractivity contribution in [1.82, 2.24) is 4.90 Å². The molecule has 3 aromatic rings. The minimum atomic E-state index is -0.428. The van der Waals surface area contributed by atoms with Crippen molar-refractivity contribution < 1.29 is 18.7 Å². The largest absolute Gasteiger partial charge is 0.489 e. The van der Waals surface area contributed by atoms with Gasteiger partial charge in [-0.2, -0.15) is 0 Å². The van der Waals surface area contributed by atoms with Crippen molar-refractivity contribution in [2.45, 2.75) is 38.9 Å². The van der Waals surface area contributed by atoms with Crippen molar-refractivity contribution in [3.8, 4) is 11.5 Å². The normalized spacial score (nSPS) is 15.5. The number of hydrogen-bond donors (Lipinski definition) is 0. The Morgan fingerprint density at radius 2 is 1.81 bits per heavy atom. The van der Waals surface area contributed by atoms with Gasteiger partial charge in [0.2, 0.25) is 5.91 Å². The fourth-order valence-corrected chi connectivity index (χ4v) is 3.79. The van der Waals surface area contributed by atoms with E-state index in [4.69, 9.17) is 13.9 Å². The first kappa shape index (κ1) is 21.7. The number of likely N-dealkylation sites (tertiary alicyclic amines) is 1. The smallest absolute Gasteiger partial charge is 0.339 e. The Labute approximate surface area is 187 Å². The van der Waals surface area contributed by atoms with Crippen LogP contribution in [0.3, 0.4) is 0 Å². The number of aryl methyl sites for hydroxylation is 2. The van der Waals surface area contributed by atoms with Crippen LogP contribution in [0.15, 0.2) is 75.9 Å². The molecule has 0 N–H and O–H groups in total. The third-order valence-electron chi connectivity index (χ3n) is 5.47. The van der Waals surface area contributed by atoms with E-state index in [1.165, 1.54) is 6.07 Å². The maximum Gasteiger partial charge on any atom is 0.339 e. The van der Waals surface area contributed by atoms with Gasteiger partial charge in [-0.15, -0.1) is 0 Å². The molecule has 0 aliphatic carbocycles. The van der Waals surface area contributed by atoms with Gasteiger partial charge in [-0.25, -0.2) is 4.79 Å². The molecule has 6 heteroatoms. The van der Waals surface area contributed by atoms with Crippen molar-refractivity contribution >= 4 is 5.91 Å². The first-order valence-corrected chi connectivity index (χ1v) is 10.9. The molecule has 0 radical (unpaired) electrons. The van der Waals surface area contributed by atoms with Crippen molar-refractivity contribution in [2.24, 2.45) is 0 Å². The van der Waals surface area contributed by atoms with Gasteiger partial charge >= 0.3 is 5.63 Å². The molecule has 1 atom stereocenters. The van der Waals surface area contributed by atoms with Crippen LogP contribution in [0, 0.1) is 6.92 Å². The Morgan fingerprint density at radius 3 is 2.56 bits per heavy atom. The summed E-state index contributed by atoms with van der Waals surface area (Å²) in [6.45, 7) is 3.44. The molecule has 166 valence electrons. The highest BCUT2D eigenvalue weighted by atomic mass is 16.5. The average molecular weight is 434 g/mol. The van der Waals surface area contributed by atoms with Crippen LogP contribution in [0.25, 0.3) is 0 Å². The molecule has 0 bridgehead atoms. The lowest BCUT2D eigenvalue weighted by Crippen LogP contribution is -2.31. The molecule has 1 amide bonds. The molecule has 2 heterocycles. The predicted molar refractivity (Wildman–Crippen MR) is 121 cm³/mol. The van der Waals surface area contributed by atoms with Gasteiger partial charge in [0.15, 0.2) is 0 Å². The molecule has 1 fully saturated rings. The standard InChI is InChI=1S/C26H27NO5/c1-19-15-24(16-26(29)31-19)32-23-13-14-27(17-23)25(28)12-9-20-7-10-22(11-8-20)30-18-21-5-3-2-4-6-21/h2-8,10-11,15-16,23H,9,12-14,17-18H2,1H3. The summed E-state index contributed by atoms with van der Waals surface area (Å²) in [5.74, 6) is 1.93. The van der Waals surface area contributed by atoms with Gasteiger partial charge in [-0.05, 0) is 36.6 Å². The summed E-state index contributed by atoms with van der Waals surface area (Å²) < 4.78 is 16.6. The van der Waals surface area contributed by atoms with Gasteiger partial charge in [-0.1, -0.05) is 42.5 Å². The second kappa shape index (κ2) is 10.2. The summed E-state index contributed by atoms with van der Waals surface area (Å²) >= 11 is 0. The highest BCUT2D eigenvalue weighted by Gasteiger charge is 2.27. The number of carbonyl (C=O) groups is 1. The van der Waals surface area contributed by atoms with Gasteiger partial charge in [0.25, 0.3) is 0 Å². The topological polar surface area (TPSA) is 69.0 Å². The lowest BCUT2D eigenvalue weighted by molar-refractivity contribution is -0.130. The van der Waals surface area contributed by atoms with E-state index in [2.05, 4.69) is 0 Å². The summed E-state index contributed by atoms with van der Waals surface area (Å²) in [5, 5.41) is 0. The fourth-order valence-electron chi connectivity index (χ4n) is 3.79. The van der Waals surface area contributed by atoms with E-state index in [0.29, 0.717) is 44.0 Å². The third-order valence-corrected chi connectivity index (χ3v) is 5.47. The minimum Gasteiger partial charge on any atom is -0.489 e. The van der Waals surface area contributed by atoms with E-state index in [-0.39, 0.29) is 12.0 Å². The number of benzene rings is 2. The molecule has 1 unspecified atom stereocenters. The fraction of sp³-hybridized carbons (Fsp3) is 0.308. The van der Waals surface area contributed by atoms with Gasteiger partial charge < -0.3 is 18.8 Å².